The van der Waals surface area contributed by atoms with Crippen molar-refractivity contribution in [2.45, 2.75) is 9.46 Å². The van der Waals surface area contributed by atoms with Crippen molar-refractivity contribution in [3.8, 4) is 0 Å². The lowest BCUT2D eigenvalue weighted by atomic mass is 10.2. The molecule has 1 amide bonds. The van der Waals surface area contributed by atoms with Gasteiger partial charge in [0.15, 0.2) is 9.84 Å². The summed E-state index contributed by atoms with van der Waals surface area (Å²) in [4.78, 5) is 16.4. The first-order valence-corrected chi connectivity index (χ1v) is 10.5. The molecular weight excluding hydrogens is 392 g/mol. The molecule has 26 heavy (non-hydrogen) atoms. The number of hydrogen-bond acceptors (Lipinski definition) is 5. The van der Waals surface area contributed by atoms with E-state index in [2.05, 4.69) is 10.3 Å². The van der Waals surface area contributed by atoms with E-state index in [-0.39, 0.29) is 10.8 Å². The zero-order valence-corrected chi connectivity index (χ0v) is 15.9. The molecule has 0 fully saturated rings. The lowest BCUT2D eigenvalue weighted by Gasteiger charge is -2.18. The van der Waals surface area contributed by atoms with Gasteiger partial charge in [0.2, 0.25) is 0 Å². The highest BCUT2D eigenvalue weighted by Crippen LogP contribution is 2.31. The van der Waals surface area contributed by atoms with Crippen LogP contribution in [0.4, 0.5) is 0 Å². The Morgan fingerprint density at radius 2 is 1.96 bits per heavy atom. The fourth-order valence-corrected chi connectivity index (χ4v) is 5.54. The average Bonchev–Trinajstić information content (AvgIpc) is 3.18. The highest BCUT2D eigenvalue weighted by molar-refractivity contribution is 7.93. The van der Waals surface area contributed by atoms with Gasteiger partial charge in [-0.05, 0) is 35.2 Å². The molecule has 1 atom stereocenters. The van der Waals surface area contributed by atoms with Crippen molar-refractivity contribution in [2.75, 3.05) is 6.54 Å². The summed E-state index contributed by atoms with van der Waals surface area (Å²) >= 11 is 7.18. The zero-order chi connectivity index (χ0) is 18.6. The standard InChI is InChI=1S/C18H15ClN2O3S2/c19-15-7-2-1-6-14(15)18(22)21-12-16(13-5-3-9-20-11-13)26(23,24)17-8-4-10-25-17/h1-11,16H,12H2,(H,21,22). The van der Waals surface area contributed by atoms with Gasteiger partial charge in [0.05, 0.1) is 10.6 Å². The largest absolute Gasteiger partial charge is 0.350 e. The van der Waals surface area contributed by atoms with E-state index in [4.69, 9.17) is 11.6 Å². The van der Waals surface area contributed by atoms with Gasteiger partial charge in [0, 0.05) is 18.9 Å². The summed E-state index contributed by atoms with van der Waals surface area (Å²) in [5, 5.41) is 3.75. The average molecular weight is 407 g/mol. The van der Waals surface area contributed by atoms with Crippen LogP contribution in [0, 0.1) is 0 Å². The number of hydrogen-bond donors (Lipinski definition) is 1. The molecule has 0 aliphatic heterocycles. The van der Waals surface area contributed by atoms with E-state index in [9.17, 15) is 13.2 Å². The first-order valence-electron chi connectivity index (χ1n) is 7.70. The van der Waals surface area contributed by atoms with Gasteiger partial charge in [0.1, 0.15) is 9.46 Å². The summed E-state index contributed by atoms with van der Waals surface area (Å²) < 4.78 is 26.3. The minimum absolute atomic E-state index is 0.0873. The zero-order valence-electron chi connectivity index (χ0n) is 13.5. The normalized spacial score (nSPS) is 12.5. The number of nitrogens with zero attached hydrogens (tertiary/aromatic N) is 1. The van der Waals surface area contributed by atoms with Crippen LogP contribution in [0.5, 0.6) is 0 Å². The van der Waals surface area contributed by atoms with Crippen LogP contribution in [-0.2, 0) is 9.84 Å². The second-order valence-corrected chi connectivity index (χ2v) is 9.15. The van der Waals surface area contributed by atoms with Crippen LogP contribution in [0.3, 0.4) is 0 Å². The number of sulfone groups is 1. The number of aromatic nitrogens is 1. The fourth-order valence-electron chi connectivity index (χ4n) is 2.46. The number of halogens is 1. The van der Waals surface area contributed by atoms with Crippen molar-refractivity contribution in [3.05, 3.63) is 82.5 Å². The summed E-state index contributed by atoms with van der Waals surface area (Å²) in [7, 11) is -3.67. The third-order valence-corrected chi connectivity index (χ3v) is 7.63. The van der Waals surface area contributed by atoms with Crippen LogP contribution in [0.25, 0.3) is 0 Å². The van der Waals surface area contributed by atoms with Crippen molar-refractivity contribution in [2.24, 2.45) is 0 Å². The smallest absolute Gasteiger partial charge is 0.252 e. The van der Waals surface area contributed by atoms with Crippen LogP contribution in [0.15, 0.2) is 70.5 Å². The number of pyridine rings is 1. The van der Waals surface area contributed by atoms with Crippen LogP contribution in [0.2, 0.25) is 5.02 Å². The van der Waals surface area contributed by atoms with Crippen LogP contribution in [0.1, 0.15) is 21.2 Å². The summed E-state index contributed by atoms with van der Waals surface area (Å²) in [5.74, 6) is -0.425. The molecule has 0 bridgehead atoms. The number of benzene rings is 1. The van der Waals surface area contributed by atoms with Crippen LogP contribution >= 0.6 is 22.9 Å². The molecule has 2 heterocycles. The van der Waals surface area contributed by atoms with Crippen molar-refractivity contribution < 1.29 is 13.2 Å². The molecule has 1 unspecified atom stereocenters. The first-order chi connectivity index (χ1) is 12.5. The molecule has 3 rings (SSSR count). The van der Waals surface area contributed by atoms with Gasteiger partial charge < -0.3 is 5.32 Å². The maximum atomic E-state index is 13.0. The fraction of sp³-hybridized carbons (Fsp3) is 0.111. The number of nitrogens with one attached hydrogen (secondary N) is 1. The SMILES string of the molecule is O=C(NCC(c1cccnc1)S(=O)(=O)c1cccs1)c1ccccc1Cl. The lowest BCUT2D eigenvalue weighted by Crippen LogP contribution is -2.32. The van der Waals surface area contributed by atoms with E-state index in [0.29, 0.717) is 16.1 Å². The molecule has 5 nitrogen and oxygen atoms in total. The monoisotopic (exact) mass is 406 g/mol. The predicted octanol–water partition coefficient (Wildman–Crippen LogP) is 3.74. The first kappa shape index (κ1) is 18.6. The summed E-state index contributed by atoms with van der Waals surface area (Å²) in [5.41, 5.74) is 0.813. The lowest BCUT2D eigenvalue weighted by molar-refractivity contribution is 0.0954. The molecular formula is C18H15ClN2O3S2. The molecule has 0 aliphatic carbocycles. The Kier molecular flexibility index (Phi) is 5.70. The second kappa shape index (κ2) is 7.99. The van der Waals surface area contributed by atoms with Crippen molar-refractivity contribution in [1.29, 1.82) is 0 Å². The predicted molar refractivity (Wildman–Crippen MR) is 102 cm³/mol. The Hall–Kier alpha value is -2.22. The maximum Gasteiger partial charge on any atom is 0.252 e. The minimum atomic E-state index is -3.67. The Balaban J connectivity index is 1.88. The van der Waals surface area contributed by atoms with E-state index in [1.54, 1.807) is 60.1 Å². The number of thiophene rings is 1. The molecule has 0 radical (unpaired) electrons. The number of amides is 1. The van der Waals surface area contributed by atoms with Crippen LogP contribution in [-0.4, -0.2) is 25.9 Å². The second-order valence-electron chi connectivity index (χ2n) is 5.44. The molecule has 0 spiro atoms. The molecule has 1 N–H and O–H groups in total. The van der Waals surface area contributed by atoms with E-state index in [1.165, 1.54) is 6.20 Å². The number of carbonyl (C=O) groups excluding carboxylic acids is 1. The summed E-state index contributed by atoms with van der Waals surface area (Å²) in [6.07, 6.45) is 3.07. The van der Waals surface area contributed by atoms with Gasteiger partial charge >= 0.3 is 0 Å². The van der Waals surface area contributed by atoms with E-state index in [0.717, 1.165) is 11.3 Å². The quantitative estimate of drug-likeness (QED) is 0.676. The third kappa shape index (κ3) is 3.95. The van der Waals surface area contributed by atoms with Gasteiger partial charge in [-0.15, -0.1) is 11.3 Å². The number of rotatable bonds is 6. The van der Waals surface area contributed by atoms with Gasteiger partial charge in [-0.2, -0.15) is 0 Å². The molecule has 2 aromatic heterocycles. The van der Waals surface area contributed by atoms with Crippen LogP contribution < -0.4 is 5.32 Å². The molecule has 1 aromatic carbocycles. The van der Waals surface area contributed by atoms with E-state index >= 15 is 0 Å². The topological polar surface area (TPSA) is 76.1 Å². The number of carbonyl (C=O) groups is 1. The van der Waals surface area contributed by atoms with E-state index in [1.807, 2.05) is 0 Å². The van der Waals surface area contributed by atoms with Gasteiger partial charge in [-0.1, -0.05) is 35.9 Å². The maximum absolute atomic E-state index is 13.0. The Labute approximate surface area is 160 Å². The van der Waals surface area contributed by atoms with Crippen molar-refractivity contribution in [3.63, 3.8) is 0 Å². The third-order valence-electron chi connectivity index (χ3n) is 3.77. The van der Waals surface area contributed by atoms with Crippen molar-refractivity contribution >= 4 is 38.7 Å². The summed E-state index contributed by atoms with van der Waals surface area (Å²) in [6, 6.07) is 13.2. The van der Waals surface area contributed by atoms with Gasteiger partial charge in [-0.3, -0.25) is 9.78 Å². The molecule has 0 saturated heterocycles. The Bertz CT molecular complexity index is 990. The molecule has 134 valence electrons. The molecule has 8 heteroatoms. The summed E-state index contributed by atoms with van der Waals surface area (Å²) in [6.45, 7) is -0.0873. The van der Waals surface area contributed by atoms with Gasteiger partial charge in [-0.25, -0.2) is 8.42 Å². The Morgan fingerprint density at radius 1 is 1.15 bits per heavy atom. The van der Waals surface area contributed by atoms with Crippen molar-refractivity contribution in [1.82, 2.24) is 10.3 Å². The molecule has 0 aliphatic rings. The highest BCUT2D eigenvalue weighted by atomic mass is 35.5. The van der Waals surface area contributed by atoms with Gasteiger partial charge in [0.25, 0.3) is 5.91 Å². The molecule has 3 aromatic rings. The van der Waals surface area contributed by atoms with E-state index < -0.39 is 21.0 Å². The molecule has 0 saturated carbocycles. The minimum Gasteiger partial charge on any atom is -0.350 e. The highest BCUT2D eigenvalue weighted by Gasteiger charge is 2.30. The Morgan fingerprint density at radius 3 is 2.62 bits per heavy atom.